The average molecular weight is 275 g/mol. The molecule has 0 aromatic heterocycles. The summed E-state index contributed by atoms with van der Waals surface area (Å²) in [7, 11) is 0. The molecule has 0 aliphatic carbocycles. The van der Waals surface area contributed by atoms with Crippen molar-refractivity contribution in [1.82, 2.24) is 21.2 Å². The van der Waals surface area contributed by atoms with Gasteiger partial charge in [0.2, 0.25) is 0 Å². The molecule has 3 amide bonds. The third kappa shape index (κ3) is 4.13. The lowest BCUT2D eigenvalue weighted by Gasteiger charge is -2.35. The van der Waals surface area contributed by atoms with Crippen molar-refractivity contribution in [2.45, 2.75) is 38.9 Å². The van der Waals surface area contributed by atoms with E-state index in [2.05, 4.69) is 0 Å². The Hall–Kier alpha value is -1.75. The van der Waals surface area contributed by atoms with Gasteiger partial charge in [0.1, 0.15) is 0 Å². The molecule has 0 aromatic rings. The number of carbonyl (C=O) groups is 3. The molecule has 0 bridgehead atoms. The highest BCUT2D eigenvalue weighted by molar-refractivity contribution is 5.87. The quantitative estimate of drug-likeness (QED) is 0.165. The van der Waals surface area contributed by atoms with Crippen molar-refractivity contribution in [3.05, 3.63) is 0 Å². The van der Waals surface area contributed by atoms with E-state index in [1.54, 1.807) is 0 Å². The summed E-state index contributed by atoms with van der Waals surface area (Å²) in [6, 6.07) is -2.49. The standard InChI is InChI=1S/C9H21N7O3/c1-4(7(17)13-10)16(5(2)8(18)14-11)6(3)9(19)15-12/h4-6H,10-12H2,1-3H3,(H,13,17)(H,14,18)(H,15,19). The normalized spacial score (nSPS) is 15.3. The van der Waals surface area contributed by atoms with Crippen LogP contribution in [0.25, 0.3) is 0 Å². The van der Waals surface area contributed by atoms with Crippen LogP contribution in [0.1, 0.15) is 20.8 Å². The maximum Gasteiger partial charge on any atom is 0.250 e. The molecular weight excluding hydrogens is 254 g/mol. The van der Waals surface area contributed by atoms with Crippen LogP contribution in [0.2, 0.25) is 0 Å². The number of nitrogens with one attached hydrogen (secondary N) is 3. The van der Waals surface area contributed by atoms with Gasteiger partial charge in [0, 0.05) is 0 Å². The van der Waals surface area contributed by atoms with Crippen LogP contribution in [-0.2, 0) is 14.4 Å². The Morgan fingerprint density at radius 1 is 0.737 bits per heavy atom. The highest BCUT2D eigenvalue weighted by atomic mass is 16.2. The van der Waals surface area contributed by atoms with Crippen molar-refractivity contribution in [3.8, 4) is 0 Å². The molecule has 0 saturated heterocycles. The molecule has 0 aliphatic rings. The second-order valence-electron chi connectivity index (χ2n) is 4.00. The number of nitrogens with two attached hydrogens (primary N) is 3. The van der Waals surface area contributed by atoms with Gasteiger partial charge < -0.3 is 0 Å². The molecule has 0 saturated carbocycles. The van der Waals surface area contributed by atoms with Crippen molar-refractivity contribution >= 4 is 17.7 Å². The number of rotatable bonds is 6. The monoisotopic (exact) mass is 275 g/mol. The molecule has 3 atom stereocenters. The Morgan fingerprint density at radius 2 is 0.947 bits per heavy atom. The Bertz CT molecular complexity index is 296. The maximum absolute atomic E-state index is 11.6. The molecule has 9 N–H and O–H groups in total. The zero-order valence-corrected chi connectivity index (χ0v) is 11.1. The van der Waals surface area contributed by atoms with E-state index in [-0.39, 0.29) is 0 Å². The van der Waals surface area contributed by atoms with E-state index in [4.69, 9.17) is 17.5 Å². The van der Waals surface area contributed by atoms with Crippen LogP contribution in [0, 0.1) is 0 Å². The highest BCUT2D eigenvalue weighted by Gasteiger charge is 2.35. The first-order valence-electron chi connectivity index (χ1n) is 5.60. The van der Waals surface area contributed by atoms with Crippen LogP contribution in [-0.4, -0.2) is 40.7 Å². The van der Waals surface area contributed by atoms with Crippen molar-refractivity contribution in [1.29, 1.82) is 0 Å². The minimum absolute atomic E-state index is 0.548. The highest BCUT2D eigenvalue weighted by Crippen LogP contribution is 2.12. The van der Waals surface area contributed by atoms with E-state index in [9.17, 15) is 14.4 Å². The van der Waals surface area contributed by atoms with Crippen LogP contribution in [0.5, 0.6) is 0 Å². The van der Waals surface area contributed by atoms with Gasteiger partial charge >= 0.3 is 0 Å². The summed E-state index contributed by atoms with van der Waals surface area (Å²) in [5, 5.41) is 0. The van der Waals surface area contributed by atoms with Crippen molar-refractivity contribution < 1.29 is 14.4 Å². The van der Waals surface area contributed by atoms with Crippen molar-refractivity contribution in [2.75, 3.05) is 0 Å². The SMILES string of the molecule is CC(C(=O)NN)N(C(C)C(=O)NN)C(C)C(=O)NN. The number of nitrogens with zero attached hydrogens (tertiary/aromatic N) is 1. The lowest BCUT2D eigenvalue weighted by atomic mass is 10.1. The molecule has 0 spiro atoms. The van der Waals surface area contributed by atoms with Gasteiger partial charge in [0.25, 0.3) is 17.7 Å². The van der Waals surface area contributed by atoms with E-state index in [0.717, 1.165) is 0 Å². The summed E-state index contributed by atoms with van der Waals surface area (Å²) in [5.41, 5.74) is 5.89. The van der Waals surface area contributed by atoms with E-state index in [1.165, 1.54) is 25.7 Å². The third-order valence-electron chi connectivity index (χ3n) is 2.91. The van der Waals surface area contributed by atoms with Gasteiger partial charge in [-0.3, -0.25) is 35.6 Å². The zero-order valence-electron chi connectivity index (χ0n) is 11.1. The molecule has 0 rings (SSSR count). The van der Waals surface area contributed by atoms with Crippen molar-refractivity contribution in [2.24, 2.45) is 17.5 Å². The van der Waals surface area contributed by atoms with E-state index in [1.807, 2.05) is 16.3 Å². The summed E-state index contributed by atoms with van der Waals surface area (Å²) in [4.78, 5) is 36.1. The number of amides is 3. The number of hydrazine groups is 3. The predicted molar refractivity (Wildman–Crippen MR) is 67.2 cm³/mol. The Kier molecular flexibility index (Phi) is 6.93. The van der Waals surface area contributed by atoms with Crippen LogP contribution < -0.4 is 33.8 Å². The van der Waals surface area contributed by atoms with Gasteiger partial charge in [-0.05, 0) is 20.8 Å². The fourth-order valence-electron chi connectivity index (χ4n) is 1.77. The van der Waals surface area contributed by atoms with Crippen LogP contribution >= 0.6 is 0 Å². The molecule has 10 nitrogen and oxygen atoms in total. The molecule has 110 valence electrons. The Morgan fingerprint density at radius 3 is 1.11 bits per heavy atom. The molecule has 19 heavy (non-hydrogen) atoms. The molecule has 0 radical (unpaired) electrons. The molecule has 0 aliphatic heterocycles. The molecule has 3 unspecified atom stereocenters. The van der Waals surface area contributed by atoms with Gasteiger partial charge in [-0.1, -0.05) is 0 Å². The fourth-order valence-corrected chi connectivity index (χ4v) is 1.77. The fraction of sp³-hybridized carbons (Fsp3) is 0.667. The number of hydrogen-bond donors (Lipinski definition) is 6. The predicted octanol–water partition coefficient (Wildman–Crippen LogP) is -3.58. The minimum Gasteiger partial charge on any atom is -0.293 e. The largest absolute Gasteiger partial charge is 0.293 e. The second kappa shape index (κ2) is 7.63. The lowest BCUT2D eigenvalue weighted by molar-refractivity contribution is -0.137. The zero-order chi connectivity index (χ0) is 15.2. The first-order chi connectivity index (χ1) is 8.81. The van der Waals surface area contributed by atoms with Gasteiger partial charge in [-0.15, -0.1) is 0 Å². The smallest absolute Gasteiger partial charge is 0.250 e. The van der Waals surface area contributed by atoms with Crippen molar-refractivity contribution in [3.63, 3.8) is 0 Å². The summed E-state index contributed by atoms with van der Waals surface area (Å²) in [6.45, 7) is 4.51. The van der Waals surface area contributed by atoms with Gasteiger partial charge in [-0.2, -0.15) is 0 Å². The molecule has 0 fully saturated rings. The van der Waals surface area contributed by atoms with Crippen LogP contribution in [0.15, 0.2) is 0 Å². The van der Waals surface area contributed by atoms with E-state index in [0.29, 0.717) is 0 Å². The third-order valence-corrected chi connectivity index (χ3v) is 2.91. The molecule has 0 aromatic carbocycles. The van der Waals surface area contributed by atoms with E-state index >= 15 is 0 Å². The lowest BCUT2D eigenvalue weighted by Crippen LogP contribution is -2.61. The summed E-state index contributed by atoms with van der Waals surface area (Å²) < 4.78 is 0. The topological polar surface area (TPSA) is 169 Å². The first-order valence-corrected chi connectivity index (χ1v) is 5.60. The molecule has 10 heteroatoms. The van der Waals surface area contributed by atoms with E-state index < -0.39 is 35.8 Å². The maximum atomic E-state index is 11.6. The molecular formula is C9H21N7O3. The second-order valence-corrected chi connectivity index (χ2v) is 4.00. The minimum atomic E-state index is -0.829. The average Bonchev–Trinajstić information content (AvgIpc) is 2.43. The number of carbonyl (C=O) groups excluding carboxylic acids is 3. The number of hydrogen-bond acceptors (Lipinski definition) is 7. The van der Waals surface area contributed by atoms with Gasteiger partial charge in [-0.25, -0.2) is 17.5 Å². The van der Waals surface area contributed by atoms with Gasteiger partial charge in [0.05, 0.1) is 18.1 Å². The van der Waals surface area contributed by atoms with Gasteiger partial charge in [0.15, 0.2) is 0 Å². The Balaban J connectivity index is 5.29. The first kappa shape index (κ1) is 17.2. The van der Waals surface area contributed by atoms with Crippen LogP contribution in [0.4, 0.5) is 0 Å². The summed E-state index contributed by atoms with van der Waals surface area (Å²) in [6.07, 6.45) is 0. The molecule has 0 heterocycles. The Labute approximate surface area is 110 Å². The van der Waals surface area contributed by atoms with Crippen LogP contribution in [0.3, 0.4) is 0 Å². The summed E-state index contributed by atoms with van der Waals surface area (Å²) in [5.74, 6) is 13.5. The summed E-state index contributed by atoms with van der Waals surface area (Å²) >= 11 is 0.